The molecule has 2 atom stereocenters. The van der Waals surface area contributed by atoms with E-state index in [0.717, 1.165) is 63.7 Å². The zero-order chi connectivity index (χ0) is 41.7. The molecule has 0 fully saturated rings. The van der Waals surface area contributed by atoms with Crippen LogP contribution in [-0.2, 0) is 28.6 Å². The molecule has 0 spiro atoms. The minimum absolute atomic E-state index is 0.0637. The first-order valence-electron chi connectivity index (χ1n) is 25.4. The number of rotatable bonds is 46. The highest BCUT2D eigenvalue weighted by molar-refractivity contribution is 5.71. The Hall–Kier alpha value is -1.59. The van der Waals surface area contributed by atoms with Gasteiger partial charge in [-0.25, -0.2) is 0 Å². The van der Waals surface area contributed by atoms with Crippen LogP contribution in [0, 0.1) is 5.92 Å². The fourth-order valence-electron chi connectivity index (χ4n) is 7.66. The molecule has 0 bridgehead atoms. The van der Waals surface area contributed by atoms with Crippen molar-refractivity contribution in [1.29, 1.82) is 0 Å². The molecule has 6 nitrogen and oxygen atoms in total. The van der Waals surface area contributed by atoms with Crippen LogP contribution in [0.3, 0.4) is 0 Å². The predicted molar refractivity (Wildman–Crippen MR) is 243 cm³/mol. The van der Waals surface area contributed by atoms with Crippen molar-refractivity contribution in [2.45, 2.75) is 291 Å². The molecule has 0 aromatic heterocycles. The summed E-state index contributed by atoms with van der Waals surface area (Å²) in [6.45, 7) is 9.01. The smallest absolute Gasteiger partial charge is 0.306 e. The second-order valence-electron chi connectivity index (χ2n) is 17.7. The van der Waals surface area contributed by atoms with Gasteiger partial charge in [-0.3, -0.25) is 14.4 Å². The zero-order valence-corrected chi connectivity index (χ0v) is 38.8. The summed E-state index contributed by atoms with van der Waals surface area (Å²) in [4.78, 5) is 37.7. The summed E-state index contributed by atoms with van der Waals surface area (Å²) in [5.74, 6) is 0.0163. The number of hydrogen-bond donors (Lipinski definition) is 0. The van der Waals surface area contributed by atoms with E-state index in [9.17, 15) is 14.4 Å². The van der Waals surface area contributed by atoms with Crippen LogP contribution in [0.25, 0.3) is 0 Å². The van der Waals surface area contributed by atoms with Gasteiger partial charge in [0.15, 0.2) is 6.10 Å². The van der Waals surface area contributed by atoms with Gasteiger partial charge >= 0.3 is 17.9 Å². The van der Waals surface area contributed by atoms with Crippen LogP contribution in [-0.4, -0.2) is 37.2 Å². The van der Waals surface area contributed by atoms with Crippen molar-refractivity contribution < 1.29 is 28.6 Å². The van der Waals surface area contributed by atoms with E-state index in [1.165, 1.54) is 180 Å². The summed E-state index contributed by atoms with van der Waals surface area (Å²) in [6.07, 6.45) is 46.7. The second kappa shape index (κ2) is 45.5. The first-order valence-corrected chi connectivity index (χ1v) is 25.4. The van der Waals surface area contributed by atoms with Gasteiger partial charge in [-0.05, 0) is 25.2 Å². The van der Waals surface area contributed by atoms with Crippen molar-refractivity contribution in [3.8, 4) is 0 Å². The van der Waals surface area contributed by atoms with Crippen LogP contribution in [0.5, 0.6) is 0 Å². The Labute approximate surface area is 355 Å². The third-order valence-electron chi connectivity index (χ3n) is 11.9. The molecular weight excluding hydrogens is 709 g/mol. The van der Waals surface area contributed by atoms with Gasteiger partial charge in [-0.1, -0.05) is 246 Å². The minimum Gasteiger partial charge on any atom is -0.462 e. The third-order valence-corrected chi connectivity index (χ3v) is 11.9. The lowest BCUT2D eigenvalue weighted by Crippen LogP contribution is -2.30. The van der Waals surface area contributed by atoms with Crippen molar-refractivity contribution in [1.82, 2.24) is 0 Å². The molecule has 0 aliphatic rings. The van der Waals surface area contributed by atoms with E-state index in [1.54, 1.807) is 0 Å². The Kier molecular flexibility index (Phi) is 44.2. The van der Waals surface area contributed by atoms with Crippen molar-refractivity contribution in [3.63, 3.8) is 0 Å². The van der Waals surface area contributed by atoms with Crippen molar-refractivity contribution in [2.24, 2.45) is 5.92 Å². The average Bonchev–Trinajstić information content (AvgIpc) is 3.21. The van der Waals surface area contributed by atoms with E-state index < -0.39 is 6.10 Å². The molecule has 0 heterocycles. The van der Waals surface area contributed by atoms with Crippen LogP contribution in [0.1, 0.15) is 285 Å². The maximum absolute atomic E-state index is 12.8. The molecular formula is C51H98O6. The molecule has 57 heavy (non-hydrogen) atoms. The van der Waals surface area contributed by atoms with Crippen LogP contribution in [0.2, 0.25) is 0 Å². The molecule has 0 saturated heterocycles. The monoisotopic (exact) mass is 807 g/mol. The lowest BCUT2D eigenvalue weighted by Gasteiger charge is -2.18. The third kappa shape index (κ3) is 43.8. The van der Waals surface area contributed by atoms with Gasteiger partial charge in [0.1, 0.15) is 13.2 Å². The van der Waals surface area contributed by atoms with Gasteiger partial charge in [0.05, 0.1) is 0 Å². The van der Waals surface area contributed by atoms with E-state index in [0.29, 0.717) is 19.3 Å². The standard InChI is InChI=1S/C51H98O6/c1-5-8-10-12-14-15-16-17-18-19-20-21-22-23-28-32-36-40-44-51(54)57-48(45-55-49(52)42-38-34-29-13-11-9-6-2)46-56-50(53)43-39-35-31-27-25-24-26-30-33-37-41-47(4)7-3/h47-48H,5-46H2,1-4H3/t47?,48-/m0/s1. The Morgan fingerprint density at radius 3 is 0.912 bits per heavy atom. The average molecular weight is 807 g/mol. The zero-order valence-electron chi connectivity index (χ0n) is 38.8. The molecule has 0 aliphatic carbocycles. The van der Waals surface area contributed by atoms with Crippen LogP contribution >= 0.6 is 0 Å². The Balaban J connectivity index is 4.20. The molecule has 1 unspecified atom stereocenters. The van der Waals surface area contributed by atoms with Crippen LogP contribution in [0.15, 0.2) is 0 Å². The molecule has 0 aromatic carbocycles. The summed E-state index contributed by atoms with van der Waals surface area (Å²) >= 11 is 0. The van der Waals surface area contributed by atoms with Crippen molar-refractivity contribution in [3.05, 3.63) is 0 Å². The molecule has 6 heteroatoms. The summed E-state index contributed by atoms with van der Waals surface area (Å²) in [6, 6.07) is 0. The fraction of sp³-hybridized carbons (Fsp3) is 0.941. The first kappa shape index (κ1) is 55.4. The van der Waals surface area contributed by atoms with E-state index in [4.69, 9.17) is 14.2 Å². The van der Waals surface area contributed by atoms with E-state index in [2.05, 4.69) is 27.7 Å². The number of ether oxygens (including phenoxy) is 3. The molecule has 0 amide bonds. The van der Waals surface area contributed by atoms with Gasteiger partial charge in [0, 0.05) is 19.3 Å². The number of hydrogen-bond acceptors (Lipinski definition) is 6. The molecule has 0 rings (SSSR count). The largest absolute Gasteiger partial charge is 0.462 e. The maximum Gasteiger partial charge on any atom is 0.306 e. The Bertz CT molecular complexity index is 859. The van der Waals surface area contributed by atoms with Gasteiger partial charge in [-0.15, -0.1) is 0 Å². The van der Waals surface area contributed by atoms with E-state index >= 15 is 0 Å². The topological polar surface area (TPSA) is 78.9 Å². The number of esters is 3. The van der Waals surface area contributed by atoms with Gasteiger partial charge in [-0.2, -0.15) is 0 Å². The first-order chi connectivity index (χ1) is 27.9. The molecule has 0 aliphatic heterocycles. The molecule has 0 radical (unpaired) electrons. The SMILES string of the molecule is CCCCCCCCCCCCCCCCCCCCC(=O)O[C@@H](COC(=O)CCCCCCCCC)COC(=O)CCCCCCCCCCCCC(C)CC. The minimum atomic E-state index is -0.759. The normalized spacial score (nSPS) is 12.4. The molecule has 0 saturated carbocycles. The quantitative estimate of drug-likeness (QED) is 0.0346. The van der Waals surface area contributed by atoms with E-state index in [1.807, 2.05) is 0 Å². The van der Waals surface area contributed by atoms with Crippen molar-refractivity contribution >= 4 is 17.9 Å². The van der Waals surface area contributed by atoms with Gasteiger partial charge in [0.2, 0.25) is 0 Å². The summed E-state index contributed by atoms with van der Waals surface area (Å²) in [5, 5.41) is 0. The van der Waals surface area contributed by atoms with Gasteiger partial charge in [0.25, 0.3) is 0 Å². The predicted octanol–water partition coefficient (Wildman–Crippen LogP) is 16.3. The highest BCUT2D eigenvalue weighted by Gasteiger charge is 2.19. The Morgan fingerprint density at radius 1 is 0.351 bits per heavy atom. The Morgan fingerprint density at radius 2 is 0.614 bits per heavy atom. The van der Waals surface area contributed by atoms with Crippen molar-refractivity contribution in [2.75, 3.05) is 13.2 Å². The van der Waals surface area contributed by atoms with E-state index in [-0.39, 0.29) is 31.1 Å². The fourth-order valence-corrected chi connectivity index (χ4v) is 7.66. The second-order valence-corrected chi connectivity index (χ2v) is 17.7. The maximum atomic E-state index is 12.8. The van der Waals surface area contributed by atoms with Crippen LogP contribution < -0.4 is 0 Å². The summed E-state index contributed by atoms with van der Waals surface area (Å²) in [5.41, 5.74) is 0. The number of carbonyl (C=O) groups is 3. The number of carbonyl (C=O) groups excluding carboxylic acids is 3. The number of unbranched alkanes of at least 4 members (excludes halogenated alkanes) is 32. The van der Waals surface area contributed by atoms with Crippen LogP contribution in [0.4, 0.5) is 0 Å². The molecule has 0 N–H and O–H groups in total. The molecule has 0 aromatic rings. The highest BCUT2D eigenvalue weighted by atomic mass is 16.6. The summed E-state index contributed by atoms with van der Waals surface area (Å²) < 4.78 is 16.7. The molecule has 338 valence electrons. The summed E-state index contributed by atoms with van der Waals surface area (Å²) in [7, 11) is 0. The highest BCUT2D eigenvalue weighted by Crippen LogP contribution is 2.17. The van der Waals surface area contributed by atoms with Gasteiger partial charge < -0.3 is 14.2 Å². The lowest BCUT2D eigenvalue weighted by atomic mass is 9.99. The lowest BCUT2D eigenvalue weighted by molar-refractivity contribution is -0.167.